The van der Waals surface area contributed by atoms with E-state index in [1.807, 2.05) is 26.2 Å². The Morgan fingerprint density at radius 2 is 2.10 bits per heavy atom. The van der Waals surface area contributed by atoms with Crippen LogP contribution in [0.4, 0.5) is 5.69 Å². The van der Waals surface area contributed by atoms with Crippen LogP contribution in [-0.2, 0) is 6.42 Å². The van der Waals surface area contributed by atoms with E-state index < -0.39 is 0 Å². The van der Waals surface area contributed by atoms with Gasteiger partial charge in [0.15, 0.2) is 5.82 Å². The molecule has 1 N–H and O–H groups in total. The van der Waals surface area contributed by atoms with E-state index in [-0.39, 0.29) is 0 Å². The zero-order valence-electron chi connectivity index (χ0n) is 12.7. The highest BCUT2D eigenvalue weighted by Crippen LogP contribution is 2.22. The highest BCUT2D eigenvalue weighted by molar-refractivity contribution is 5.58. The van der Waals surface area contributed by atoms with Gasteiger partial charge >= 0.3 is 0 Å². The van der Waals surface area contributed by atoms with Crippen molar-refractivity contribution in [1.82, 2.24) is 15.5 Å². The summed E-state index contributed by atoms with van der Waals surface area (Å²) in [7, 11) is 4.05. The van der Waals surface area contributed by atoms with E-state index in [2.05, 4.69) is 32.5 Å². The fraction of sp³-hybridized carbons (Fsp3) is 0.500. The fourth-order valence-corrected chi connectivity index (χ4v) is 2.71. The number of hydrogen-bond acceptors (Lipinski definition) is 5. The SMILES string of the molecule is CN(C)c1ccc(-c2nc(CC3CCCNC3)no2)cc1. The molecular formula is C16H22N4O. The van der Waals surface area contributed by atoms with Crippen LogP contribution in [0.1, 0.15) is 18.7 Å². The van der Waals surface area contributed by atoms with Crippen LogP contribution in [-0.4, -0.2) is 37.3 Å². The Hall–Kier alpha value is -1.88. The molecule has 2 heterocycles. The van der Waals surface area contributed by atoms with E-state index in [4.69, 9.17) is 4.52 Å². The molecule has 1 aliphatic heterocycles. The molecule has 0 spiro atoms. The summed E-state index contributed by atoms with van der Waals surface area (Å²) < 4.78 is 5.40. The summed E-state index contributed by atoms with van der Waals surface area (Å²) in [5.74, 6) is 2.05. The number of nitrogens with one attached hydrogen (secondary N) is 1. The zero-order chi connectivity index (χ0) is 14.7. The maximum absolute atomic E-state index is 5.40. The van der Waals surface area contributed by atoms with Gasteiger partial charge < -0.3 is 14.7 Å². The van der Waals surface area contributed by atoms with E-state index in [9.17, 15) is 0 Å². The summed E-state index contributed by atoms with van der Waals surface area (Å²) in [5.41, 5.74) is 2.13. The number of aromatic nitrogens is 2. The van der Waals surface area contributed by atoms with E-state index in [0.29, 0.717) is 11.8 Å². The lowest BCUT2D eigenvalue weighted by molar-refractivity contribution is 0.360. The van der Waals surface area contributed by atoms with Crippen molar-refractivity contribution in [2.24, 2.45) is 5.92 Å². The Kier molecular flexibility index (Phi) is 4.20. The van der Waals surface area contributed by atoms with Crippen LogP contribution in [0.2, 0.25) is 0 Å². The maximum Gasteiger partial charge on any atom is 0.257 e. The van der Waals surface area contributed by atoms with E-state index in [1.165, 1.54) is 12.8 Å². The number of rotatable bonds is 4. The second-order valence-corrected chi connectivity index (χ2v) is 5.87. The van der Waals surface area contributed by atoms with Crippen molar-refractivity contribution in [3.05, 3.63) is 30.1 Å². The molecule has 1 fully saturated rings. The summed E-state index contributed by atoms with van der Waals surface area (Å²) >= 11 is 0. The third-order valence-electron chi connectivity index (χ3n) is 3.97. The Morgan fingerprint density at radius 1 is 1.29 bits per heavy atom. The first-order valence-electron chi connectivity index (χ1n) is 7.53. The summed E-state index contributed by atoms with van der Waals surface area (Å²) in [4.78, 5) is 6.60. The molecule has 1 atom stereocenters. The molecule has 0 saturated carbocycles. The molecule has 0 amide bonds. The Balaban J connectivity index is 1.69. The van der Waals surface area contributed by atoms with Crippen LogP contribution in [0.3, 0.4) is 0 Å². The maximum atomic E-state index is 5.40. The molecule has 21 heavy (non-hydrogen) atoms. The molecule has 1 unspecified atom stereocenters. The molecule has 1 aromatic heterocycles. The van der Waals surface area contributed by atoms with Crippen molar-refractivity contribution in [1.29, 1.82) is 0 Å². The van der Waals surface area contributed by atoms with Crippen LogP contribution in [0.15, 0.2) is 28.8 Å². The topological polar surface area (TPSA) is 54.2 Å². The fourth-order valence-electron chi connectivity index (χ4n) is 2.71. The van der Waals surface area contributed by atoms with Gasteiger partial charge in [-0.15, -0.1) is 0 Å². The molecule has 5 nitrogen and oxygen atoms in total. The quantitative estimate of drug-likeness (QED) is 0.935. The molecule has 3 rings (SSSR count). The van der Waals surface area contributed by atoms with Gasteiger partial charge in [-0.2, -0.15) is 4.98 Å². The minimum absolute atomic E-state index is 0.610. The Labute approximate surface area is 125 Å². The molecule has 0 bridgehead atoms. The van der Waals surface area contributed by atoms with E-state index in [0.717, 1.165) is 36.6 Å². The largest absolute Gasteiger partial charge is 0.378 e. The third kappa shape index (κ3) is 3.42. The van der Waals surface area contributed by atoms with Crippen LogP contribution in [0, 0.1) is 5.92 Å². The Bertz CT molecular complexity index is 570. The summed E-state index contributed by atoms with van der Waals surface area (Å²) in [6.45, 7) is 2.19. The van der Waals surface area contributed by atoms with Gasteiger partial charge in [-0.05, 0) is 56.1 Å². The third-order valence-corrected chi connectivity index (χ3v) is 3.97. The molecule has 1 aliphatic rings. The van der Waals surface area contributed by atoms with Crippen molar-refractivity contribution in [2.75, 3.05) is 32.1 Å². The molecule has 1 aromatic carbocycles. The van der Waals surface area contributed by atoms with Gasteiger partial charge in [0.1, 0.15) is 0 Å². The lowest BCUT2D eigenvalue weighted by atomic mass is 9.96. The van der Waals surface area contributed by atoms with Gasteiger partial charge in [0.2, 0.25) is 0 Å². The summed E-state index contributed by atoms with van der Waals surface area (Å²) in [5, 5.41) is 7.54. The van der Waals surface area contributed by atoms with Gasteiger partial charge in [-0.3, -0.25) is 0 Å². The predicted molar refractivity (Wildman–Crippen MR) is 83.4 cm³/mol. The number of anilines is 1. The molecule has 1 saturated heterocycles. The highest BCUT2D eigenvalue weighted by Gasteiger charge is 2.17. The monoisotopic (exact) mass is 286 g/mol. The normalized spacial score (nSPS) is 18.7. The molecule has 0 radical (unpaired) electrons. The average molecular weight is 286 g/mol. The molecular weight excluding hydrogens is 264 g/mol. The Morgan fingerprint density at radius 3 is 2.76 bits per heavy atom. The summed E-state index contributed by atoms with van der Waals surface area (Å²) in [6.07, 6.45) is 3.38. The van der Waals surface area contributed by atoms with Crippen molar-refractivity contribution in [3.8, 4) is 11.5 Å². The number of nitrogens with zero attached hydrogens (tertiary/aromatic N) is 3. The number of benzene rings is 1. The van der Waals surface area contributed by atoms with Crippen LogP contribution in [0.5, 0.6) is 0 Å². The van der Waals surface area contributed by atoms with E-state index in [1.54, 1.807) is 0 Å². The van der Waals surface area contributed by atoms with Crippen LogP contribution in [0.25, 0.3) is 11.5 Å². The minimum atomic E-state index is 0.610. The smallest absolute Gasteiger partial charge is 0.257 e. The van der Waals surface area contributed by atoms with Gasteiger partial charge in [-0.25, -0.2) is 0 Å². The van der Waals surface area contributed by atoms with Crippen molar-refractivity contribution >= 4 is 5.69 Å². The van der Waals surface area contributed by atoms with Crippen LogP contribution >= 0.6 is 0 Å². The summed E-state index contributed by atoms with van der Waals surface area (Å²) in [6, 6.07) is 8.16. The molecule has 112 valence electrons. The van der Waals surface area contributed by atoms with Crippen LogP contribution < -0.4 is 10.2 Å². The molecule has 0 aliphatic carbocycles. The van der Waals surface area contributed by atoms with Gasteiger partial charge in [-0.1, -0.05) is 5.16 Å². The first-order valence-corrected chi connectivity index (χ1v) is 7.53. The molecule has 5 heteroatoms. The zero-order valence-corrected chi connectivity index (χ0v) is 12.7. The van der Waals surface area contributed by atoms with Crippen molar-refractivity contribution < 1.29 is 4.52 Å². The van der Waals surface area contributed by atoms with Gasteiger partial charge in [0.05, 0.1) is 0 Å². The van der Waals surface area contributed by atoms with Crippen molar-refractivity contribution in [2.45, 2.75) is 19.3 Å². The van der Waals surface area contributed by atoms with E-state index >= 15 is 0 Å². The standard InChI is InChI=1S/C16H22N4O/c1-20(2)14-7-5-13(6-8-14)16-18-15(19-21-16)10-12-4-3-9-17-11-12/h5-8,12,17H,3-4,9-11H2,1-2H3. The van der Waals surface area contributed by atoms with Crippen molar-refractivity contribution in [3.63, 3.8) is 0 Å². The minimum Gasteiger partial charge on any atom is -0.378 e. The lowest BCUT2D eigenvalue weighted by Gasteiger charge is -2.20. The predicted octanol–water partition coefficient (Wildman–Crippen LogP) is 2.34. The first-order chi connectivity index (χ1) is 10.2. The average Bonchev–Trinajstić information content (AvgIpc) is 2.97. The first kappa shape index (κ1) is 14.1. The second kappa shape index (κ2) is 6.26. The van der Waals surface area contributed by atoms with Gasteiger partial charge in [0, 0.05) is 31.8 Å². The molecule has 2 aromatic rings. The second-order valence-electron chi connectivity index (χ2n) is 5.87. The number of piperidine rings is 1. The van der Waals surface area contributed by atoms with Gasteiger partial charge in [0.25, 0.3) is 5.89 Å². The number of hydrogen-bond donors (Lipinski definition) is 1. The highest BCUT2D eigenvalue weighted by atomic mass is 16.5. The lowest BCUT2D eigenvalue weighted by Crippen LogP contribution is -2.31.